The van der Waals surface area contributed by atoms with Gasteiger partial charge in [-0.2, -0.15) is 0 Å². The van der Waals surface area contributed by atoms with Gasteiger partial charge in [0, 0.05) is 6.42 Å². The molecular formula is C70H125NO10. The fourth-order valence-corrected chi connectivity index (χ4v) is 10.3. The van der Waals surface area contributed by atoms with E-state index in [0.717, 1.165) is 116 Å². The number of esters is 1. The first-order valence-corrected chi connectivity index (χ1v) is 33.7. The molecule has 1 aliphatic heterocycles. The van der Waals surface area contributed by atoms with Crippen LogP contribution in [-0.4, -0.2) is 99.6 Å². The van der Waals surface area contributed by atoms with Gasteiger partial charge in [-0.15, -0.1) is 0 Å². The first kappa shape index (κ1) is 76.1. The Bertz CT molecular complexity index is 1590. The van der Waals surface area contributed by atoms with E-state index >= 15 is 0 Å². The van der Waals surface area contributed by atoms with E-state index in [1.54, 1.807) is 6.08 Å². The van der Waals surface area contributed by atoms with E-state index in [2.05, 4.69) is 86.8 Å². The van der Waals surface area contributed by atoms with Crippen molar-refractivity contribution in [1.29, 1.82) is 0 Å². The smallest absolute Gasteiger partial charge is 0.306 e. The summed E-state index contributed by atoms with van der Waals surface area (Å²) in [6, 6.07) is -1.03. The van der Waals surface area contributed by atoms with Crippen LogP contribution in [0.2, 0.25) is 0 Å². The predicted octanol–water partition coefficient (Wildman–Crippen LogP) is 16.7. The van der Waals surface area contributed by atoms with Gasteiger partial charge in [-0.05, 0) is 70.6 Å². The summed E-state index contributed by atoms with van der Waals surface area (Å²) in [7, 11) is 0. The largest absolute Gasteiger partial charge is 0.454 e. The number of aliphatic hydroxyl groups is 5. The van der Waals surface area contributed by atoms with Crippen molar-refractivity contribution >= 4 is 11.9 Å². The van der Waals surface area contributed by atoms with Gasteiger partial charge in [0.05, 0.1) is 25.4 Å². The molecule has 11 heteroatoms. The van der Waals surface area contributed by atoms with Crippen molar-refractivity contribution in [3.8, 4) is 0 Å². The number of amides is 1. The molecule has 8 atom stereocenters. The average molecular weight is 1140 g/mol. The summed E-state index contributed by atoms with van der Waals surface area (Å²) in [5, 5.41) is 57.1. The minimum absolute atomic E-state index is 0.109. The maximum atomic E-state index is 13.4. The monoisotopic (exact) mass is 1140 g/mol. The Morgan fingerprint density at radius 3 is 1.33 bits per heavy atom. The van der Waals surface area contributed by atoms with Gasteiger partial charge < -0.3 is 45.1 Å². The molecule has 1 saturated heterocycles. The molecule has 0 aromatic rings. The lowest BCUT2D eigenvalue weighted by Crippen LogP contribution is -2.61. The molecule has 0 saturated carbocycles. The van der Waals surface area contributed by atoms with E-state index in [4.69, 9.17) is 14.2 Å². The fourth-order valence-electron chi connectivity index (χ4n) is 10.3. The second-order valence-corrected chi connectivity index (χ2v) is 23.2. The fraction of sp³-hybridized carbons (Fsp3) is 0.800. The highest BCUT2D eigenvalue weighted by atomic mass is 16.7. The van der Waals surface area contributed by atoms with Crippen molar-refractivity contribution in [2.24, 2.45) is 0 Å². The van der Waals surface area contributed by atoms with Gasteiger partial charge >= 0.3 is 5.97 Å². The average Bonchev–Trinajstić information content (AvgIpc) is 3.50. The van der Waals surface area contributed by atoms with Crippen LogP contribution in [0.4, 0.5) is 0 Å². The van der Waals surface area contributed by atoms with Gasteiger partial charge in [0.2, 0.25) is 5.91 Å². The van der Waals surface area contributed by atoms with E-state index in [1.165, 1.54) is 135 Å². The highest BCUT2D eigenvalue weighted by Gasteiger charge is 2.47. The molecule has 8 unspecified atom stereocenters. The number of nitrogens with one attached hydrogen (secondary N) is 1. The van der Waals surface area contributed by atoms with E-state index in [9.17, 15) is 35.1 Å². The lowest BCUT2D eigenvalue weighted by Gasteiger charge is -2.41. The molecule has 470 valence electrons. The maximum absolute atomic E-state index is 13.4. The Balaban J connectivity index is 2.60. The van der Waals surface area contributed by atoms with Crippen molar-refractivity contribution in [1.82, 2.24) is 5.32 Å². The molecule has 1 aliphatic rings. The summed E-state index contributed by atoms with van der Waals surface area (Å²) in [6.45, 7) is 5.69. The number of carbonyl (C=O) groups is 2. The molecule has 1 heterocycles. The van der Waals surface area contributed by atoms with Gasteiger partial charge in [-0.1, -0.05) is 293 Å². The minimum Gasteiger partial charge on any atom is -0.454 e. The van der Waals surface area contributed by atoms with Crippen LogP contribution < -0.4 is 5.32 Å². The summed E-state index contributed by atoms with van der Waals surface area (Å²) >= 11 is 0. The standard InChI is InChI=1S/C70H125NO10/c1-4-7-10-13-16-19-22-24-26-28-30-31-32-33-34-36-38-40-43-46-49-52-55-58-65(75)81-68-67(77)66(76)64(59-72)80-70(68)79-60-61(62(73)56-53-50-47-44-41-21-18-15-12-9-6-3)71-69(78)63(74)57-54-51-48-45-42-39-37-35-29-27-25-23-20-17-14-11-8-5-2/h7,10,16,19,24,26,30-31,33-34,53,56,61-64,66-68,70,72-74,76-77H,4-6,8-9,11-15,17-18,20-23,25,27-29,32,35-52,54-55,57-60H2,1-3H3,(H,71,78)/b10-7-,19-16-,26-24-,31-30-,34-33-,56-53+. The van der Waals surface area contributed by atoms with Crippen molar-refractivity contribution in [3.05, 3.63) is 72.9 Å². The lowest BCUT2D eigenvalue weighted by molar-refractivity contribution is -0.305. The molecular weight excluding hydrogens is 1010 g/mol. The number of hydrogen-bond donors (Lipinski definition) is 6. The number of aliphatic hydroxyl groups excluding tert-OH is 5. The highest BCUT2D eigenvalue weighted by Crippen LogP contribution is 2.26. The first-order chi connectivity index (χ1) is 39.7. The van der Waals surface area contributed by atoms with E-state index in [1.807, 2.05) is 6.08 Å². The Labute approximate surface area is 496 Å². The maximum Gasteiger partial charge on any atom is 0.306 e. The Morgan fingerprint density at radius 1 is 0.494 bits per heavy atom. The summed E-state index contributed by atoms with van der Waals surface area (Å²) in [4.78, 5) is 26.6. The van der Waals surface area contributed by atoms with Crippen LogP contribution in [0.1, 0.15) is 297 Å². The third-order valence-electron chi connectivity index (χ3n) is 15.6. The third-order valence-corrected chi connectivity index (χ3v) is 15.6. The number of allylic oxidation sites excluding steroid dienone is 11. The third kappa shape index (κ3) is 45.2. The van der Waals surface area contributed by atoms with Gasteiger partial charge in [0.15, 0.2) is 12.4 Å². The van der Waals surface area contributed by atoms with E-state index in [-0.39, 0.29) is 13.0 Å². The van der Waals surface area contributed by atoms with Crippen molar-refractivity contribution in [2.75, 3.05) is 13.2 Å². The van der Waals surface area contributed by atoms with Gasteiger partial charge in [0.1, 0.15) is 24.4 Å². The van der Waals surface area contributed by atoms with Crippen LogP contribution in [-0.2, 0) is 23.8 Å². The second kappa shape index (κ2) is 57.5. The van der Waals surface area contributed by atoms with E-state index in [0.29, 0.717) is 19.3 Å². The molecule has 0 aliphatic carbocycles. The molecule has 0 spiro atoms. The summed E-state index contributed by atoms with van der Waals surface area (Å²) in [5.74, 6) is -1.20. The zero-order valence-corrected chi connectivity index (χ0v) is 52.1. The number of rotatable bonds is 57. The van der Waals surface area contributed by atoms with Gasteiger partial charge in [0.25, 0.3) is 0 Å². The Morgan fingerprint density at radius 2 is 0.889 bits per heavy atom. The van der Waals surface area contributed by atoms with Crippen molar-refractivity contribution in [3.63, 3.8) is 0 Å². The molecule has 81 heavy (non-hydrogen) atoms. The first-order valence-electron chi connectivity index (χ1n) is 33.7. The van der Waals surface area contributed by atoms with Crippen molar-refractivity contribution in [2.45, 2.75) is 346 Å². The number of ether oxygens (including phenoxy) is 3. The van der Waals surface area contributed by atoms with Crippen LogP contribution in [0, 0.1) is 0 Å². The van der Waals surface area contributed by atoms with Crippen LogP contribution in [0.15, 0.2) is 72.9 Å². The highest BCUT2D eigenvalue weighted by molar-refractivity contribution is 5.80. The molecule has 11 nitrogen and oxygen atoms in total. The Hall–Kier alpha value is -2.90. The molecule has 0 radical (unpaired) electrons. The second-order valence-electron chi connectivity index (χ2n) is 23.2. The van der Waals surface area contributed by atoms with Gasteiger partial charge in [-0.3, -0.25) is 9.59 Å². The zero-order valence-electron chi connectivity index (χ0n) is 52.1. The number of carbonyl (C=O) groups excluding carboxylic acids is 2. The normalized spacial score (nSPS) is 19.1. The topological polar surface area (TPSA) is 175 Å². The van der Waals surface area contributed by atoms with Crippen molar-refractivity contribution < 1.29 is 49.3 Å². The van der Waals surface area contributed by atoms with Crippen LogP contribution >= 0.6 is 0 Å². The quantitative estimate of drug-likeness (QED) is 0.0195. The lowest BCUT2D eigenvalue weighted by atomic mass is 9.99. The molecule has 0 bridgehead atoms. The SMILES string of the molecule is CC/C=C\C/C=C\C/C=C\C/C=C\C/C=C\CCCCCCCCCC(=O)OC1C(OCC(NC(=O)C(O)CCCCCCCCCCCCCCCCCCCC)C(O)/C=C/CCCCCCCCCCC)OC(CO)C(O)C1O. The van der Waals surface area contributed by atoms with Crippen LogP contribution in [0.25, 0.3) is 0 Å². The number of unbranched alkanes of at least 4 members (excludes halogenated alkanes) is 33. The molecule has 0 aromatic heterocycles. The Kier molecular flexibility index (Phi) is 54.1. The summed E-state index contributed by atoms with van der Waals surface area (Å²) in [6.07, 6.45) is 63.7. The summed E-state index contributed by atoms with van der Waals surface area (Å²) in [5.41, 5.74) is 0. The van der Waals surface area contributed by atoms with Crippen LogP contribution in [0.5, 0.6) is 0 Å². The molecule has 1 amide bonds. The molecule has 0 aromatic carbocycles. The predicted molar refractivity (Wildman–Crippen MR) is 338 cm³/mol. The molecule has 1 rings (SSSR count). The van der Waals surface area contributed by atoms with Crippen LogP contribution in [0.3, 0.4) is 0 Å². The summed E-state index contributed by atoms with van der Waals surface area (Å²) < 4.78 is 17.7. The number of hydrogen-bond acceptors (Lipinski definition) is 10. The molecule has 1 fully saturated rings. The zero-order chi connectivity index (χ0) is 58.9. The van der Waals surface area contributed by atoms with Gasteiger partial charge in [-0.25, -0.2) is 0 Å². The minimum atomic E-state index is -1.62. The molecule has 6 N–H and O–H groups in total. The van der Waals surface area contributed by atoms with E-state index < -0.39 is 67.4 Å².